The molecule has 0 fully saturated rings. The molecule has 0 radical (unpaired) electrons. The van der Waals surface area contributed by atoms with Crippen LogP contribution in [0.4, 0.5) is 0 Å². The summed E-state index contributed by atoms with van der Waals surface area (Å²) in [5.74, 6) is 0.758. The summed E-state index contributed by atoms with van der Waals surface area (Å²) in [5.41, 5.74) is 2.93. The van der Waals surface area contributed by atoms with Crippen LogP contribution in [-0.2, 0) is 0 Å². The molecule has 1 rings (SSSR count). The first-order chi connectivity index (χ1) is 9.40. The summed E-state index contributed by atoms with van der Waals surface area (Å²) in [4.78, 5) is 0. The second-order valence-corrected chi connectivity index (χ2v) is 5.89. The molecule has 1 aliphatic carbocycles. The van der Waals surface area contributed by atoms with Gasteiger partial charge >= 0.3 is 0 Å². The molecule has 114 valence electrons. The lowest BCUT2D eigenvalue weighted by Gasteiger charge is -2.28. The third-order valence-electron chi connectivity index (χ3n) is 4.39. The lowest BCUT2D eigenvalue weighted by atomic mass is 9.80. The van der Waals surface area contributed by atoms with E-state index in [2.05, 4.69) is 13.0 Å². The van der Waals surface area contributed by atoms with Crippen LogP contribution < -0.4 is 0 Å². The van der Waals surface area contributed by atoms with Gasteiger partial charge in [-0.15, -0.1) is 0 Å². The fraction of sp³-hybridized carbons (Fsp3) is 0.647. The first-order valence-corrected chi connectivity index (χ1v) is 7.48. The maximum Gasteiger partial charge on any atom is 0.0996 e. The Balaban J connectivity index is 2.78. The van der Waals surface area contributed by atoms with E-state index >= 15 is 0 Å². The fourth-order valence-electron chi connectivity index (χ4n) is 2.59. The molecule has 3 heteroatoms. The van der Waals surface area contributed by atoms with E-state index in [0.717, 1.165) is 30.4 Å². The molecule has 3 nitrogen and oxygen atoms in total. The van der Waals surface area contributed by atoms with Crippen molar-refractivity contribution < 1.29 is 15.3 Å². The SMILES string of the molecule is CC1=C(O)C(C)C(C)C(O)=C1C/C=C(\C)CCCCO. The van der Waals surface area contributed by atoms with Gasteiger partial charge in [-0.2, -0.15) is 0 Å². The van der Waals surface area contributed by atoms with Crippen LogP contribution in [0.2, 0.25) is 0 Å². The standard InChI is InChI=1S/C17H28O3/c1-11(7-5-6-10-18)8-9-15-14(4)16(19)12(2)13(3)17(15)20/h8,12-13,18-20H,5-7,9-10H2,1-4H3/b11-8+. The van der Waals surface area contributed by atoms with Crippen LogP contribution in [0.5, 0.6) is 0 Å². The lowest BCUT2D eigenvalue weighted by Crippen LogP contribution is -2.21. The van der Waals surface area contributed by atoms with Crippen molar-refractivity contribution in [2.45, 2.75) is 53.4 Å². The average molecular weight is 280 g/mol. The van der Waals surface area contributed by atoms with E-state index in [-0.39, 0.29) is 18.4 Å². The van der Waals surface area contributed by atoms with E-state index < -0.39 is 0 Å². The topological polar surface area (TPSA) is 60.7 Å². The van der Waals surface area contributed by atoms with Crippen LogP contribution in [0.15, 0.2) is 34.3 Å². The van der Waals surface area contributed by atoms with Crippen LogP contribution in [0, 0.1) is 11.8 Å². The Hall–Kier alpha value is -1.22. The minimum Gasteiger partial charge on any atom is -0.512 e. The molecule has 3 N–H and O–H groups in total. The van der Waals surface area contributed by atoms with E-state index in [0.29, 0.717) is 17.9 Å². The molecule has 0 aromatic carbocycles. The van der Waals surface area contributed by atoms with Gasteiger partial charge in [0.15, 0.2) is 0 Å². The molecule has 0 saturated heterocycles. The van der Waals surface area contributed by atoms with Gasteiger partial charge in [-0.1, -0.05) is 25.5 Å². The van der Waals surface area contributed by atoms with E-state index in [1.165, 1.54) is 5.57 Å². The largest absolute Gasteiger partial charge is 0.512 e. The number of rotatable bonds is 6. The molecule has 0 amide bonds. The highest BCUT2D eigenvalue weighted by atomic mass is 16.3. The zero-order chi connectivity index (χ0) is 15.3. The summed E-state index contributed by atoms with van der Waals surface area (Å²) in [7, 11) is 0. The molecule has 1 aliphatic rings. The number of hydrogen-bond acceptors (Lipinski definition) is 3. The molecule has 20 heavy (non-hydrogen) atoms. The number of aliphatic hydroxyl groups is 3. The predicted molar refractivity (Wildman–Crippen MR) is 82.6 cm³/mol. The summed E-state index contributed by atoms with van der Waals surface area (Å²) < 4.78 is 0. The molecule has 0 spiro atoms. The van der Waals surface area contributed by atoms with Crippen molar-refractivity contribution >= 4 is 0 Å². The van der Waals surface area contributed by atoms with E-state index in [4.69, 9.17) is 5.11 Å². The summed E-state index contributed by atoms with van der Waals surface area (Å²) in [6.45, 7) is 8.07. The minimum absolute atomic E-state index is 0.0200. The van der Waals surface area contributed by atoms with Crippen LogP contribution >= 0.6 is 0 Å². The monoisotopic (exact) mass is 280 g/mol. The summed E-state index contributed by atoms with van der Waals surface area (Å²) in [6.07, 6.45) is 5.55. The quantitative estimate of drug-likeness (QED) is 0.498. The van der Waals surface area contributed by atoms with Gasteiger partial charge in [0.1, 0.15) is 0 Å². The molecular weight excluding hydrogens is 252 g/mol. The van der Waals surface area contributed by atoms with Gasteiger partial charge in [-0.05, 0) is 50.7 Å². The van der Waals surface area contributed by atoms with Gasteiger partial charge in [0.25, 0.3) is 0 Å². The van der Waals surface area contributed by atoms with Crippen molar-refractivity contribution in [2.75, 3.05) is 6.61 Å². The molecular formula is C17H28O3. The highest BCUT2D eigenvalue weighted by molar-refractivity contribution is 5.40. The van der Waals surface area contributed by atoms with Crippen molar-refractivity contribution in [3.05, 3.63) is 34.3 Å². The second-order valence-electron chi connectivity index (χ2n) is 5.89. The molecule has 2 unspecified atom stereocenters. The smallest absolute Gasteiger partial charge is 0.0996 e. The minimum atomic E-state index is -0.0307. The summed E-state index contributed by atoms with van der Waals surface area (Å²) in [5, 5.41) is 29.2. The molecule has 0 bridgehead atoms. The van der Waals surface area contributed by atoms with Crippen LogP contribution in [-0.4, -0.2) is 21.9 Å². The predicted octanol–water partition coefficient (Wildman–Crippen LogP) is 4.42. The Bertz CT molecular complexity index is 430. The van der Waals surface area contributed by atoms with Crippen molar-refractivity contribution in [3.63, 3.8) is 0 Å². The zero-order valence-corrected chi connectivity index (χ0v) is 13.1. The first-order valence-electron chi connectivity index (χ1n) is 7.48. The zero-order valence-electron chi connectivity index (χ0n) is 13.1. The number of unbranched alkanes of at least 4 members (excludes halogenated alkanes) is 1. The number of allylic oxidation sites excluding steroid dienone is 6. The Kier molecular flexibility index (Phi) is 6.34. The van der Waals surface area contributed by atoms with Crippen LogP contribution in [0.1, 0.15) is 53.4 Å². The second kappa shape index (κ2) is 7.53. The van der Waals surface area contributed by atoms with Gasteiger partial charge in [-0.25, -0.2) is 0 Å². The Morgan fingerprint density at radius 1 is 1.10 bits per heavy atom. The molecule has 0 saturated carbocycles. The number of aliphatic hydroxyl groups excluding tert-OH is 3. The van der Waals surface area contributed by atoms with Crippen molar-refractivity contribution in [2.24, 2.45) is 11.8 Å². The molecule has 0 aliphatic heterocycles. The van der Waals surface area contributed by atoms with E-state index in [1.54, 1.807) is 0 Å². The van der Waals surface area contributed by atoms with E-state index in [9.17, 15) is 10.2 Å². The normalized spacial score (nSPS) is 24.6. The highest BCUT2D eigenvalue weighted by Gasteiger charge is 2.29. The Morgan fingerprint density at radius 2 is 1.70 bits per heavy atom. The van der Waals surface area contributed by atoms with Gasteiger partial charge in [0.05, 0.1) is 11.5 Å². The summed E-state index contributed by atoms with van der Waals surface area (Å²) >= 11 is 0. The van der Waals surface area contributed by atoms with Gasteiger partial charge < -0.3 is 15.3 Å². The Labute approximate surface area is 122 Å². The molecule has 0 aromatic heterocycles. The average Bonchev–Trinajstić information content (AvgIpc) is 2.43. The fourth-order valence-corrected chi connectivity index (χ4v) is 2.59. The van der Waals surface area contributed by atoms with Gasteiger partial charge in [0, 0.05) is 18.4 Å². The van der Waals surface area contributed by atoms with Crippen molar-refractivity contribution in [1.29, 1.82) is 0 Å². The Morgan fingerprint density at radius 3 is 2.30 bits per heavy atom. The van der Waals surface area contributed by atoms with Crippen LogP contribution in [0.25, 0.3) is 0 Å². The summed E-state index contributed by atoms with van der Waals surface area (Å²) in [6, 6.07) is 0. The highest BCUT2D eigenvalue weighted by Crippen LogP contribution is 2.37. The third-order valence-corrected chi connectivity index (χ3v) is 4.39. The molecule has 2 atom stereocenters. The lowest BCUT2D eigenvalue weighted by molar-refractivity contribution is 0.233. The number of hydrogen-bond donors (Lipinski definition) is 3. The first kappa shape index (κ1) is 16.8. The van der Waals surface area contributed by atoms with Crippen LogP contribution in [0.3, 0.4) is 0 Å². The van der Waals surface area contributed by atoms with Gasteiger partial charge in [0.2, 0.25) is 0 Å². The molecule has 0 heterocycles. The maximum absolute atomic E-state index is 10.3. The van der Waals surface area contributed by atoms with Gasteiger partial charge in [-0.3, -0.25) is 0 Å². The van der Waals surface area contributed by atoms with Crippen molar-refractivity contribution in [1.82, 2.24) is 0 Å². The van der Waals surface area contributed by atoms with Crippen molar-refractivity contribution in [3.8, 4) is 0 Å². The molecule has 0 aromatic rings. The third kappa shape index (κ3) is 3.89. The van der Waals surface area contributed by atoms with E-state index in [1.807, 2.05) is 20.8 Å². The maximum atomic E-state index is 10.3.